The summed E-state index contributed by atoms with van der Waals surface area (Å²) < 4.78 is 10.3. The Morgan fingerprint density at radius 1 is 1.18 bits per heavy atom. The highest BCUT2D eigenvalue weighted by Crippen LogP contribution is 2.20. The van der Waals surface area contributed by atoms with Gasteiger partial charge in [0.05, 0.1) is 6.73 Å². The molecule has 2 aromatic carbocycles. The highest BCUT2D eigenvalue weighted by molar-refractivity contribution is 5.82. The number of aryl methyl sites for hydroxylation is 1. The summed E-state index contributed by atoms with van der Waals surface area (Å²) in [4.78, 5) is 13.8. The highest BCUT2D eigenvalue weighted by Gasteiger charge is 2.31. The van der Waals surface area contributed by atoms with Crippen LogP contribution in [0.3, 0.4) is 0 Å². The number of carbonyl (C=O) groups excluding carboxylic acids is 1. The van der Waals surface area contributed by atoms with E-state index in [1.165, 1.54) is 16.3 Å². The van der Waals surface area contributed by atoms with Gasteiger partial charge >= 0.3 is 6.09 Å². The standard InChI is InChI=1S/C12H24N2O3.C11H10/c1-12(2,3)17-11(15)14-7-5-6-10(14)8-13-9-16-4;1-9-6-7-10-4-2-3-5-11(10)8-9/h10,13H,5-9H2,1-4H3;2-8H,1H3/t10-;/m0./s1. The van der Waals surface area contributed by atoms with Crippen molar-refractivity contribution in [3.8, 4) is 0 Å². The zero-order valence-electron chi connectivity index (χ0n) is 17.8. The van der Waals surface area contributed by atoms with Crippen molar-refractivity contribution in [2.45, 2.75) is 52.2 Å². The van der Waals surface area contributed by atoms with E-state index in [0.29, 0.717) is 6.73 Å². The van der Waals surface area contributed by atoms with Crippen molar-refractivity contribution >= 4 is 16.9 Å². The number of likely N-dealkylation sites (tertiary alicyclic amines) is 1. The monoisotopic (exact) mass is 386 g/mol. The first-order valence-electron chi connectivity index (χ1n) is 9.95. The van der Waals surface area contributed by atoms with Gasteiger partial charge in [0.2, 0.25) is 0 Å². The second-order valence-electron chi connectivity index (χ2n) is 8.21. The van der Waals surface area contributed by atoms with Gasteiger partial charge < -0.3 is 14.4 Å². The van der Waals surface area contributed by atoms with Crippen molar-refractivity contribution in [3.05, 3.63) is 48.0 Å². The van der Waals surface area contributed by atoms with Gasteiger partial charge in [0.15, 0.2) is 0 Å². The van der Waals surface area contributed by atoms with Gasteiger partial charge in [-0.05, 0) is 51.3 Å². The summed E-state index contributed by atoms with van der Waals surface area (Å²) >= 11 is 0. The van der Waals surface area contributed by atoms with Crippen molar-refractivity contribution in [1.82, 2.24) is 10.2 Å². The van der Waals surface area contributed by atoms with E-state index >= 15 is 0 Å². The number of carbonyl (C=O) groups is 1. The summed E-state index contributed by atoms with van der Waals surface area (Å²) in [6, 6.07) is 15.1. The summed E-state index contributed by atoms with van der Waals surface area (Å²) in [5, 5.41) is 5.80. The lowest BCUT2D eigenvalue weighted by atomic mass is 10.1. The van der Waals surface area contributed by atoms with Crippen LogP contribution in [0.25, 0.3) is 10.8 Å². The zero-order chi connectivity index (χ0) is 20.6. The second kappa shape index (κ2) is 10.4. The van der Waals surface area contributed by atoms with Crippen molar-refractivity contribution in [2.75, 3.05) is 26.9 Å². The third kappa shape index (κ3) is 7.13. The summed E-state index contributed by atoms with van der Waals surface area (Å²) in [6.45, 7) is 9.84. The molecule has 5 heteroatoms. The van der Waals surface area contributed by atoms with E-state index in [-0.39, 0.29) is 12.1 Å². The Balaban J connectivity index is 0.000000218. The van der Waals surface area contributed by atoms with Crippen molar-refractivity contribution < 1.29 is 14.3 Å². The number of amides is 1. The molecule has 0 unspecified atom stereocenters. The number of rotatable bonds is 4. The maximum atomic E-state index is 11.9. The summed E-state index contributed by atoms with van der Waals surface area (Å²) in [5.74, 6) is 0. The van der Waals surface area contributed by atoms with E-state index < -0.39 is 5.60 Å². The van der Waals surface area contributed by atoms with Gasteiger partial charge in [-0.25, -0.2) is 4.79 Å². The van der Waals surface area contributed by atoms with E-state index in [4.69, 9.17) is 9.47 Å². The lowest BCUT2D eigenvalue weighted by Gasteiger charge is -2.28. The van der Waals surface area contributed by atoms with Gasteiger partial charge in [0.1, 0.15) is 5.60 Å². The first-order chi connectivity index (χ1) is 13.3. The van der Waals surface area contributed by atoms with Crippen LogP contribution in [0.2, 0.25) is 0 Å². The van der Waals surface area contributed by atoms with Crippen molar-refractivity contribution in [3.63, 3.8) is 0 Å². The Morgan fingerprint density at radius 2 is 1.89 bits per heavy atom. The number of methoxy groups -OCH3 is 1. The minimum atomic E-state index is -0.426. The SMILES string of the molecule is COCNC[C@@H]1CCCN1C(=O)OC(C)(C)C.Cc1ccc2ccccc2c1. The minimum absolute atomic E-state index is 0.209. The topological polar surface area (TPSA) is 50.8 Å². The number of ether oxygens (including phenoxy) is 2. The summed E-state index contributed by atoms with van der Waals surface area (Å²) in [6.07, 6.45) is 1.85. The van der Waals surface area contributed by atoms with Crippen molar-refractivity contribution in [1.29, 1.82) is 0 Å². The molecule has 28 heavy (non-hydrogen) atoms. The molecule has 0 spiro atoms. The molecule has 0 aliphatic carbocycles. The van der Waals surface area contributed by atoms with E-state index in [9.17, 15) is 4.79 Å². The predicted molar refractivity (Wildman–Crippen MR) is 115 cm³/mol. The van der Waals surface area contributed by atoms with Gasteiger partial charge in [-0.15, -0.1) is 0 Å². The molecule has 1 atom stereocenters. The fraction of sp³-hybridized carbons (Fsp3) is 0.522. The number of hydrogen-bond acceptors (Lipinski definition) is 4. The van der Waals surface area contributed by atoms with Gasteiger partial charge in [0.25, 0.3) is 0 Å². The number of nitrogens with one attached hydrogen (secondary N) is 1. The van der Waals surface area contributed by atoms with Crippen LogP contribution in [0.1, 0.15) is 39.2 Å². The molecule has 1 aliphatic heterocycles. The van der Waals surface area contributed by atoms with Crippen molar-refractivity contribution in [2.24, 2.45) is 0 Å². The second-order valence-corrected chi connectivity index (χ2v) is 8.21. The Hall–Kier alpha value is -2.11. The quantitative estimate of drug-likeness (QED) is 0.610. The van der Waals surface area contributed by atoms with Crippen LogP contribution in [0.4, 0.5) is 4.79 Å². The zero-order valence-corrected chi connectivity index (χ0v) is 17.8. The van der Waals surface area contributed by atoms with Crippen LogP contribution < -0.4 is 5.32 Å². The van der Waals surface area contributed by atoms with Gasteiger partial charge in [0, 0.05) is 26.2 Å². The largest absolute Gasteiger partial charge is 0.444 e. The Bertz CT molecular complexity index is 755. The molecular formula is C23H34N2O3. The third-order valence-electron chi connectivity index (χ3n) is 4.54. The average molecular weight is 387 g/mol. The Morgan fingerprint density at radius 3 is 2.57 bits per heavy atom. The van der Waals surface area contributed by atoms with E-state index in [0.717, 1.165) is 25.9 Å². The fourth-order valence-electron chi connectivity index (χ4n) is 3.25. The predicted octanol–water partition coefficient (Wildman–Crippen LogP) is 4.73. The van der Waals surface area contributed by atoms with Crippen LogP contribution in [0, 0.1) is 6.92 Å². The first kappa shape index (κ1) is 22.2. The summed E-state index contributed by atoms with van der Waals surface area (Å²) in [5.41, 5.74) is 0.896. The Labute approximate surface area is 169 Å². The highest BCUT2D eigenvalue weighted by atomic mass is 16.6. The lowest BCUT2D eigenvalue weighted by Crippen LogP contribution is -2.44. The molecule has 1 amide bonds. The van der Waals surface area contributed by atoms with Crippen LogP contribution >= 0.6 is 0 Å². The number of nitrogens with zero attached hydrogens (tertiary/aromatic N) is 1. The normalized spacial score (nSPS) is 16.6. The maximum absolute atomic E-state index is 11.9. The molecular weight excluding hydrogens is 352 g/mol. The molecule has 1 heterocycles. The molecule has 2 aromatic rings. The lowest BCUT2D eigenvalue weighted by molar-refractivity contribution is 0.0220. The molecule has 1 aliphatic rings. The summed E-state index contributed by atoms with van der Waals surface area (Å²) in [7, 11) is 1.65. The van der Waals surface area contributed by atoms with E-state index in [1.54, 1.807) is 7.11 Å². The molecule has 3 rings (SSSR count). The molecule has 0 radical (unpaired) electrons. The number of benzene rings is 2. The molecule has 1 N–H and O–H groups in total. The van der Waals surface area contributed by atoms with Crippen LogP contribution in [-0.4, -0.2) is 49.6 Å². The molecule has 1 fully saturated rings. The molecule has 5 nitrogen and oxygen atoms in total. The Kier molecular flexibility index (Phi) is 8.27. The van der Waals surface area contributed by atoms with E-state index in [1.807, 2.05) is 25.7 Å². The van der Waals surface area contributed by atoms with Crippen LogP contribution in [0.5, 0.6) is 0 Å². The first-order valence-corrected chi connectivity index (χ1v) is 9.95. The number of hydrogen-bond donors (Lipinski definition) is 1. The van der Waals surface area contributed by atoms with Gasteiger partial charge in [-0.2, -0.15) is 0 Å². The molecule has 0 bridgehead atoms. The average Bonchev–Trinajstić information content (AvgIpc) is 3.10. The molecule has 0 saturated carbocycles. The maximum Gasteiger partial charge on any atom is 0.410 e. The van der Waals surface area contributed by atoms with Gasteiger partial charge in [-0.3, -0.25) is 5.32 Å². The number of fused-ring (bicyclic) bond motifs is 1. The fourth-order valence-corrected chi connectivity index (χ4v) is 3.25. The third-order valence-corrected chi connectivity index (χ3v) is 4.54. The van der Waals surface area contributed by atoms with E-state index in [2.05, 4.69) is 54.7 Å². The minimum Gasteiger partial charge on any atom is -0.444 e. The van der Waals surface area contributed by atoms with Crippen LogP contribution in [-0.2, 0) is 9.47 Å². The molecule has 0 aromatic heterocycles. The molecule has 1 saturated heterocycles. The smallest absolute Gasteiger partial charge is 0.410 e. The molecule has 154 valence electrons. The van der Waals surface area contributed by atoms with Crippen LogP contribution in [0.15, 0.2) is 42.5 Å². The van der Waals surface area contributed by atoms with Gasteiger partial charge in [-0.1, -0.05) is 48.0 Å².